The van der Waals surface area contributed by atoms with Crippen molar-refractivity contribution in [3.05, 3.63) is 24.3 Å². The number of thioether (sulfide) groups is 1. The van der Waals surface area contributed by atoms with Gasteiger partial charge in [-0.15, -0.1) is 0 Å². The van der Waals surface area contributed by atoms with Gasteiger partial charge in [-0.1, -0.05) is 36.0 Å². The summed E-state index contributed by atoms with van der Waals surface area (Å²) in [6, 6.07) is 7.91. The Labute approximate surface area is 109 Å². The second kappa shape index (κ2) is 5.77. The molecule has 1 unspecified atom stereocenters. The second-order valence-electron chi connectivity index (χ2n) is 4.00. The van der Waals surface area contributed by atoms with Crippen LogP contribution < -0.4 is 5.73 Å². The number of para-hydroxylation sites is 2. The number of aromatic amines is 1. The van der Waals surface area contributed by atoms with Gasteiger partial charge >= 0.3 is 0 Å². The predicted molar refractivity (Wildman–Crippen MR) is 74.1 cm³/mol. The molecule has 0 saturated heterocycles. The van der Waals surface area contributed by atoms with Crippen LogP contribution in [-0.4, -0.2) is 26.3 Å². The van der Waals surface area contributed by atoms with E-state index in [0.717, 1.165) is 22.6 Å². The Morgan fingerprint density at radius 2 is 2.33 bits per heavy atom. The van der Waals surface area contributed by atoms with Crippen molar-refractivity contribution in [3.8, 4) is 0 Å². The number of amidine groups is 1. The van der Waals surface area contributed by atoms with Crippen LogP contribution in [0.25, 0.3) is 11.0 Å². The minimum atomic E-state index is 0.251. The highest BCUT2D eigenvalue weighted by Crippen LogP contribution is 2.27. The zero-order chi connectivity index (χ0) is 13.0. The first-order chi connectivity index (χ1) is 8.72. The summed E-state index contributed by atoms with van der Waals surface area (Å²) < 4.78 is 0. The first kappa shape index (κ1) is 12.8. The summed E-state index contributed by atoms with van der Waals surface area (Å²) in [5.41, 5.74) is 7.52. The Balaban J connectivity index is 2.11. The molecule has 1 aromatic heterocycles. The molecule has 0 bridgehead atoms. The molecule has 0 aliphatic carbocycles. The fourth-order valence-corrected chi connectivity index (χ4v) is 2.74. The Morgan fingerprint density at radius 3 is 3.00 bits per heavy atom. The molecule has 1 aromatic carbocycles. The number of imidazole rings is 1. The molecule has 0 radical (unpaired) electrons. The van der Waals surface area contributed by atoms with Crippen molar-refractivity contribution in [1.29, 1.82) is 0 Å². The van der Waals surface area contributed by atoms with E-state index in [4.69, 9.17) is 10.9 Å². The number of rotatable bonds is 5. The number of nitrogens with zero attached hydrogens (tertiary/aromatic N) is 2. The molecule has 18 heavy (non-hydrogen) atoms. The zero-order valence-corrected chi connectivity index (χ0v) is 10.9. The first-order valence-corrected chi connectivity index (χ1v) is 6.68. The number of hydrogen-bond donors (Lipinski definition) is 3. The van der Waals surface area contributed by atoms with Crippen LogP contribution in [0.1, 0.15) is 19.8 Å². The number of fused-ring (bicyclic) bond motifs is 1. The molecule has 96 valence electrons. The quantitative estimate of drug-likeness (QED) is 0.255. The van der Waals surface area contributed by atoms with Crippen LogP contribution in [-0.2, 0) is 0 Å². The number of benzene rings is 1. The van der Waals surface area contributed by atoms with Crippen LogP contribution in [0.5, 0.6) is 0 Å². The van der Waals surface area contributed by atoms with Crippen molar-refractivity contribution < 1.29 is 5.21 Å². The highest BCUT2D eigenvalue weighted by Gasteiger charge is 2.13. The number of hydrogen-bond acceptors (Lipinski definition) is 4. The first-order valence-electron chi connectivity index (χ1n) is 5.80. The summed E-state index contributed by atoms with van der Waals surface area (Å²) in [5.74, 6) is 0.255. The van der Waals surface area contributed by atoms with E-state index in [9.17, 15) is 0 Å². The Bertz CT molecular complexity index is 519. The van der Waals surface area contributed by atoms with E-state index in [1.807, 2.05) is 24.3 Å². The summed E-state index contributed by atoms with van der Waals surface area (Å²) in [5, 5.41) is 12.7. The van der Waals surface area contributed by atoms with Crippen molar-refractivity contribution in [1.82, 2.24) is 9.97 Å². The molecule has 0 aliphatic heterocycles. The van der Waals surface area contributed by atoms with Gasteiger partial charge < -0.3 is 15.9 Å². The Hall–Kier alpha value is -1.69. The third kappa shape index (κ3) is 2.95. The molecule has 2 aromatic rings. The van der Waals surface area contributed by atoms with Gasteiger partial charge in [0.25, 0.3) is 0 Å². The minimum Gasteiger partial charge on any atom is -0.409 e. The lowest BCUT2D eigenvalue weighted by molar-refractivity contribution is 0.316. The van der Waals surface area contributed by atoms with Crippen LogP contribution in [0.2, 0.25) is 0 Å². The fourth-order valence-electron chi connectivity index (χ4n) is 1.69. The third-order valence-corrected chi connectivity index (χ3v) is 3.92. The van der Waals surface area contributed by atoms with Gasteiger partial charge in [-0.3, -0.25) is 0 Å². The van der Waals surface area contributed by atoms with Crippen molar-refractivity contribution in [3.63, 3.8) is 0 Å². The lowest BCUT2D eigenvalue weighted by atomic mass is 10.2. The van der Waals surface area contributed by atoms with E-state index < -0.39 is 0 Å². The number of aromatic nitrogens is 2. The number of H-pyrrole nitrogens is 1. The molecule has 0 saturated carbocycles. The van der Waals surface area contributed by atoms with Gasteiger partial charge in [-0.05, 0) is 18.6 Å². The monoisotopic (exact) mass is 264 g/mol. The number of oxime groups is 1. The largest absolute Gasteiger partial charge is 0.409 e. The van der Waals surface area contributed by atoms with E-state index in [-0.39, 0.29) is 11.1 Å². The maximum atomic E-state index is 8.59. The summed E-state index contributed by atoms with van der Waals surface area (Å²) >= 11 is 1.62. The standard InChI is InChI=1S/C12H16N4OS/c1-2-8(7-11(13)16-17)18-12-14-9-5-3-4-6-10(9)15-12/h3-6,8,17H,2,7H2,1H3,(H2,13,16)(H,14,15). The molecule has 4 N–H and O–H groups in total. The molecular formula is C12H16N4OS. The van der Waals surface area contributed by atoms with E-state index in [1.165, 1.54) is 0 Å². The Kier molecular flexibility index (Phi) is 4.09. The number of nitrogens with one attached hydrogen (secondary N) is 1. The van der Waals surface area contributed by atoms with Crippen molar-refractivity contribution >= 4 is 28.6 Å². The maximum Gasteiger partial charge on any atom is 0.166 e. The summed E-state index contributed by atoms with van der Waals surface area (Å²) in [6.45, 7) is 2.07. The van der Waals surface area contributed by atoms with Crippen LogP contribution in [0.15, 0.2) is 34.6 Å². The smallest absolute Gasteiger partial charge is 0.166 e. The highest BCUT2D eigenvalue weighted by molar-refractivity contribution is 7.99. The maximum absolute atomic E-state index is 8.59. The van der Waals surface area contributed by atoms with Gasteiger partial charge in [0.1, 0.15) is 5.84 Å². The van der Waals surface area contributed by atoms with Crippen LogP contribution in [0.3, 0.4) is 0 Å². The topological polar surface area (TPSA) is 87.3 Å². The van der Waals surface area contributed by atoms with Crippen LogP contribution in [0, 0.1) is 0 Å². The van der Waals surface area contributed by atoms with Gasteiger partial charge in [0.05, 0.1) is 11.0 Å². The zero-order valence-electron chi connectivity index (χ0n) is 10.1. The van der Waals surface area contributed by atoms with Crippen LogP contribution in [0.4, 0.5) is 0 Å². The average molecular weight is 264 g/mol. The molecule has 0 aliphatic rings. The van der Waals surface area contributed by atoms with E-state index >= 15 is 0 Å². The summed E-state index contributed by atoms with van der Waals surface area (Å²) in [4.78, 5) is 7.76. The molecule has 1 atom stereocenters. The molecular weight excluding hydrogens is 248 g/mol. The lowest BCUT2D eigenvalue weighted by Crippen LogP contribution is -2.18. The van der Waals surface area contributed by atoms with E-state index in [1.54, 1.807) is 11.8 Å². The molecule has 0 fully saturated rings. The van der Waals surface area contributed by atoms with Gasteiger partial charge in [0, 0.05) is 11.7 Å². The summed E-state index contributed by atoms with van der Waals surface area (Å²) in [6.07, 6.45) is 1.48. The fraction of sp³-hybridized carbons (Fsp3) is 0.333. The van der Waals surface area contributed by atoms with Gasteiger partial charge in [0.15, 0.2) is 5.16 Å². The lowest BCUT2D eigenvalue weighted by Gasteiger charge is -2.10. The normalized spacial score (nSPS) is 13.9. The average Bonchev–Trinajstić information content (AvgIpc) is 2.79. The molecule has 2 rings (SSSR count). The highest BCUT2D eigenvalue weighted by atomic mass is 32.2. The second-order valence-corrected chi connectivity index (χ2v) is 5.29. The molecule has 1 heterocycles. The van der Waals surface area contributed by atoms with Crippen molar-refractivity contribution in [2.75, 3.05) is 0 Å². The SMILES string of the molecule is CCC(C/C(N)=N/O)Sc1nc2ccccc2[nH]1. The molecule has 5 nitrogen and oxygen atoms in total. The van der Waals surface area contributed by atoms with E-state index in [0.29, 0.717) is 6.42 Å². The third-order valence-electron chi connectivity index (χ3n) is 2.67. The summed E-state index contributed by atoms with van der Waals surface area (Å²) in [7, 11) is 0. The molecule has 0 spiro atoms. The molecule has 6 heteroatoms. The predicted octanol–water partition coefficient (Wildman–Crippen LogP) is 2.57. The van der Waals surface area contributed by atoms with Gasteiger partial charge in [-0.25, -0.2) is 4.98 Å². The van der Waals surface area contributed by atoms with Crippen molar-refractivity contribution in [2.45, 2.75) is 30.2 Å². The molecule has 0 amide bonds. The van der Waals surface area contributed by atoms with Crippen molar-refractivity contribution in [2.24, 2.45) is 10.9 Å². The minimum absolute atomic E-state index is 0.251. The van der Waals surface area contributed by atoms with Gasteiger partial charge in [-0.2, -0.15) is 0 Å². The Morgan fingerprint density at radius 1 is 1.56 bits per heavy atom. The van der Waals surface area contributed by atoms with Crippen LogP contribution >= 0.6 is 11.8 Å². The van der Waals surface area contributed by atoms with Gasteiger partial charge in [0.2, 0.25) is 0 Å². The number of nitrogens with two attached hydrogens (primary N) is 1. The van der Waals surface area contributed by atoms with E-state index in [2.05, 4.69) is 22.0 Å².